The molecule has 1 aromatic heterocycles. The van der Waals surface area contributed by atoms with Crippen molar-refractivity contribution in [3.63, 3.8) is 0 Å². The van der Waals surface area contributed by atoms with Gasteiger partial charge in [-0.1, -0.05) is 17.7 Å². The van der Waals surface area contributed by atoms with Gasteiger partial charge in [0.15, 0.2) is 6.61 Å². The zero-order chi connectivity index (χ0) is 18.2. The predicted molar refractivity (Wildman–Crippen MR) is 90.1 cm³/mol. The minimum Gasteiger partial charge on any atom is -0.476 e. The Bertz CT molecular complexity index is 799. The van der Waals surface area contributed by atoms with Crippen LogP contribution in [0.25, 0.3) is 0 Å². The molecule has 0 fully saturated rings. The fourth-order valence-electron chi connectivity index (χ4n) is 2.13. The summed E-state index contributed by atoms with van der Waals surface area (Å²) < 4.78 is 5.29. The molecule has 1 heterocycles. The lowest BCUT2D eigenvalue weighted by Crippen LogP contribution is -2.35. The lowest BCUT2D eigenvalue weighted by atomic mass is 10.2. The third-order valence-corrected chi connectivity index (χ3v) is 3.37. The van der Waals surface area contributed by atoms with Crippen molar-refractivity contribution in [2.24, 2.45) is 0 Å². The number of aryl methyl sites for hydroxylation is 1. The van der Waals surface area contributed by atoms with E-state index >= 15 is 0 Å². The van der Waals surface area contributed by atoms with Crippen LogP contribution in [-0.2, 0) is 4.79 Å². The highest BCUT2D eigenvalue weighted by atomic mass is 16.6. The molecule has 1 aromatic carbocycles. The van der Waals surface area contributed by atoms with E-state index in [1.807, 2.05) is 25.1 Å². The van der Waals surface area contributed by atoms with Crippen LogP contribution < -0.4 is 9.64 Å². The summed E-state index contributed by atoms with van der Waals surface area (Å²) in [5.41, 5.74) is 1.67. The lowest BCUT2D eigenvalue weighted by Gasteiger charge is -2.22. The summed E-state index contributed by atoms with van der Waals surface area (Å²) in [5.74, 6) is -0.934. The van der Waals surface area contributed by atoms with Crippen LogP contribution in [0.1, 0.15) is 12.0 Å². The summed E-state index contributed by atoms with van der Waals surface area (Å²) in [6.07, 6.45) is 1.44. The molecule has 25 heavy (non-hydrogen) atoms. The number of carbonyl (C=O) groups excluding carboxylic acids is 1. The lowest BCUT2D eigenvalue weighted by molar-refractivity contribution is -0.390. The topological polar surface area (TPSA) is 109 Å². The zero-order valence-electron chi connectivity index (χ0n) is 13.6. The molecular weight excluding hydrogens is 324 g/mol. The van der Waals surface area contributed by atoms with Crippen molar-refractivity contribution in [1.82, 2.24) is 4.98 Å². The summed E-state index contributed by atoms with van der Waals surface area (Å²) >= 11 is 0. The van der Waals surface area contributed by atoms with Crippen molar-refractivity contribution >= 4 is 17.4 Å². The van der Waals surface area contributed by atoms with Gasteiger partial charge in [-0.25, -0.2) is 0 Å². The Hall–Kier alpha value is -3.47. The van der Waals surface area contributed by atoms with E-state index in [1.165, 1.54) is 23.2 Å². The summed E-state index contributed by atoms with van der Waals surface area (Å²) in [5, 5.41) is 19.7. The van der Waals surface area contributed by atoms with Crippen molar-refractivity contribution in [2.45, 2.75) is 13.3 Å². The molecular formula is C17H16N4O4. The number of carbonyl (C=O) groups is 1. The summed E-state index contributed by atoms with van der Waals surface area (Å²) in [6, 6.07) is 12.1. The number of hydrogen-bond acceptors (Lipinski definition) is 6. The van der Waals surface area contributed by atoms with Crippen LogP contribution in [0.15, 0.2) is 42.6 Å². The number of anilines is 1. The molecule has 0 aliphatic carbocycles. The quantitative estimate of drug-likeness (QED) is 0.566. The highest BCUT2D eigenvalue weighted by molar-refractivity contribution is 5.94. The second-order valence-corrected chi connectivity index (χ2v) is 5.16. The van der Waals surface area contributed by atoms with Crippen LogP contribution in [0.5, 0.6) is 5.75 Å². The number of pyridine rings is 1. The molecule has 0 saturated carbocycles. The molecule has 8 heteroatoms. The molecule has 0 spiro atoms. The van der Waals surface area contributed by atoms with Gasteiger partial charge in [-0.2, -0.15) is 5.26 Å². The van der Waals surface area contributed by atoms with E-state index < -0.39 is 23.3 Å². The molecule has 0 N–H and O–H groups in total. The van der Waals surface area contributed by atoms with Crippen molar-refractivity contribution < 1.29 is 14.5 Å². The van der Waals surface area contributed by atoms with Crippen LogP contribution in [0.4, 0.5) is 11.5 Å². The maximum atomic E-state index is 12.5. The summed E-state index contributed by atoms with van der Waals surface area (Å²) in [4.78, 5) is 27.8. The predicted octanol–water partition coefficient (Wildman–Crippen LogP) is 2.62. The average Bonchev–Trinajstić information content (AvgIpc) is 2.61. The second-order valence-electron chi connectivity index (χ2n) is 5.16. The second kappa shape index (κ2) is 8.40. The number of rotatable bonds is 7. The minimum atomic E-state index is -0.673. The van der Waals surface area contributed by atoms with Gasteiger partial charge in [0.05, 0.1) is 12.5 Å². The van der Waals surface area contributed by atoms with E-state index in [1.54, 1.807) is 12.1 Å². The van der Waals surface area contributed by atoms with Gasteiger partial charge in [0, 0.05) is 12.2 Å². The van der Waals surface area contributed by atoms with Crippen molar-refractivity contribution in [1.29, 1.82) is 5.26 Å². The molecule has 2 aromatic rings. The van der Waals surface area contributed by atoms with E-state index in [-0.39, 0.29) is 18.7 Å². The number of ether oxygens (including phenoxy) is 1. The third-order valence-electron chi connectivity index (χ3n) is 3.37. The SMILES string of the molecule is Cc1ccc(N(CCC#N)C(=O)COc2cccnc2[N+](=O)[O-])cc1. The van der Waals surface area contributed by atoms with Crippen LogP contribution in [0.2, 0.25) is 0 Å². The van der Waals surface area contributed by atoms with E-state index in [4.69, 9.17) is 10.00 Å². The molecule has 8 nitrogen and oxygen atoms in total. The first kappa shape index (κ1) is 17.9. The molecule has 0 radical (unpaired) electrons. The molecule has 0 aliphatic heterocycles. The average molecular weight is 340 g/mol. The minimum absolute atomic E-state index is 0.0787. The van der Waals surface area contributed by atoms with Crippen molar-refractivity contribution in [2.75, 3.05) is 18.1 Å². The Morgan fingerprint density at radius 3 is 2.72 bits per heavy atom. The third kappa shape index (κ3) is 4.75. The Labute approximate surface area is 144 Å². The van der Waals surface area contributed by atoms with Gasteiger partial charge < -0.3 is 19.8 Å². The molecule has 1 amide bonds. The largest absolute Gasteiger partial charge is 0.476 e. The van der Waals surface area contributed by atoms with E-state index in [2.05, 4.69) is 4.98 Å². The molecule has 128 valence electrons. The van der Waals surface area contributed by atoms with E-state index in [9.17, 15) is 14.9 Å². The highest BCUT2D eigenvalue weighted by Gasteiger charge is 2.20. The fourth-order valence-corrected chi connectivity index (χ4v) is 2.13. The van der Waals surface area contributed by atoms with Gasteiger partial charge in [-0.15, -0.1) is 0 Å². The van der Waals surface area contributed by atoms with Gasteiger partial charge >= 0.3 is 5.82 Å². The Balaban J connectivity index is 2.13. The molecule has 0 aliphatic rings. The van der Waals surface area contributed by atoms with E-state index in [0.29, 0.717) is 5.69 Å². The Morgan fingerprint density at radius 2 is 2.08 bits per heavy atom. The first-order chi connectivity index (χ1) is 12.0. The van der Waals surface area contributed by atoms with Crippen LogP contribution in [-0.4, -0.2) is 29.0 Å². The number of nitrogens with zero attached hydrogens (tertiary/aromatic N) is 4. The van der Waals surface area contributed by atoms with Gasteiger partial charge in [0.1, 0.15) is 6.20 Å². The number of amides is 1. The number of benzene rings is 1. The highest BCUT2D eigenvalue weighted by Crippen LogP contribution is 2.23. The Kier molecular flexibility index (Phi) is 6.01. The standard InChI is InChI=1S/C17H16N4O4/c1-13-5-7-14(8-6-13)20(11-3-9-18)16(22)12-25-15-4-2-10-19-17(15)21(23)24/h2,4-8,10H,3,11-12H2,1H3. The zero-order valence-corrected chi connectivity index (χ0v) is 13.6. The monoisotopic (exact) mass is 340 g/mol. The maximum absolute atomic E-state index is 12.5. The molecule has 0 unspecified atom stereocenters. The van der Waals surface area contributed by atoms with Gasteiger partial charge in [0.25, 0.3) is 5.91 Å². The molecule has 0 bridgehead atoms. The molecule has 0 saturated heterocycles. The number of hydrogen-bond donors (Lipinski definition) is 0. The summed E-state index contributed by atoms with van der Waals surface area (Å²) in [6.45, 7) is 1.73. The number of nitro groups is 1. The van der Waals surface area contributed by atoms with E-state index in [0.717, 1.165) is 5.56 Å². The molecule has 0 atom stereocenters. The first-order valence-electron chi connectivity index (χ1n) is 7.49. The van der Waals surface area contributed by atoms with Crippen molar-refractivity contribution in [3.8, 4) is 11.8 Å². The maximum Gasteiger partial charge on any atom is 0.406 e. The smallest absolute Gasteiger partial charge is 0.406 e. The summed E-state index contributed by atoms with van der Waals surface area (Å²) in [7, 11) is 0. The molecule has 2 rings (SSSR count). The van der Waals surface area contributed by atoms with Gasteiger partial charge in [0.2, 0.25) is 5.75 Å². The normalized spacial score (nSPS) is 9.92. The Morgan fingerprint density at radius 1 is 1.36 bits per heavy atom. The number of aromatic nitrogens is 1. The van der Waals surface area contributed by atoms with Gasteiger partial charge in [-0.05, 0) is 41.1 Å². The number of nitriles is 1. The fraction of sp³-hybridized carbons (Fsp3) is 0.235. The van der Waals surface area contributed by atoms with Gasteiger partial charge in [-0.3, -0.25) is 4.79 Å². The first-order valence-corrected chi connectivity index (χ1v) is 7.49. The van der Waals surface area contributed by atoms with Crippen molar-refractivity contribution in [3.05, 3.63) is 58.3 Å². The van der Waals surface area contributed by atoms with Crippen LogP contribution in [0.3, 0.4) is 0 Å². The van der Waals surface area contributed by atoms with Crippen LogP contribution >= 0.6 is 0 Å². The van der Waals surface area contributed by atoms with Crippen LogP contribution in [0, 0.1) is 28.4 Å².